The number of hydrogen-bond donors (Lipinski definition) is 1. The summed E-state index contributed by atoms with van der Waals surface area (Å²) in [5.74, 6) is -0.00229. The Hall–Kier alpha value is -2.28. The molecule has 1 amide bonds. The third-order valence-corrected chi connectivity index (χ3v) is 5.07. The fraction of sp³-hybridized carbons (Fsp3) is 0.444. The van der Waals surface area contributed by atoms with E-state index in [0.29, 0.717) is 11.5 Å². The number of likely N-dealkylation sites (tertiary alicyclic amines) is 1. The van der Waals surface area contributed by atoms with Crippen molar-refractivity contribution < 1.29 is 4.79 Å². The highest BCUT2D eigenvalue weighted by atomic mass is 16.1. The van der Waals surface area contributed by atoms with Crippen LogP contribution >= 0.6 is 0 Å². The van der Waals surface area contributed by atoms with Crippen LogP contribution in [0.25, 0.3) is 5.57 Å². The zero-order valence-electron chi connectivity index (χ0n) is 13.1. The van der Waals surface area contributed by atoms with Gasteiger partial charge in [-0.15, -0.1) is 0 Å². The lowest BCUT2D eigenvalue weighted by atomic mass is 9.83. The van der Waals surface area contributed by atoms with E-state index in [9.17, 15) is 4.79 Å². The Bertz CT molecular complexity index is 712. The number of carbonyl (C=O) groups is 1. The topological polar surface area (TPSA) is 70.1 Å². The van der Waals surface area contributed by atoms with Gasteiger partial charge in [-0.2, -0.15) is 5.26 Å². The van der Waals surface area contributed by atoms with Crippen molar-refractivity contribution in [1.82, 2.24) is 4.90 Å². The molecule has 1 fully saturated rings. The van der Waals surface area contributed by atoms with Crippen molar-refractivity contribution in [1.29, 1.82) is 5.26 Å². The van der Waals surface area contributed by atoms with Gasteiger partial charge in [0.2, 0.25) is 5.91 Å². The Morgan fingerprint density at radius 3 is 2.86 bits per heavy atom. The zero-order valence-corrected chi connectivity index (χ0v) is 13.1. The lowest BCUT2D eigenvalue weighted by Crippen LogP contribution is -2.31. The van der Waals surface area contributed by atoms with Gasteiger partial charge in [-0.05, 0) is 61.4 Å². The molecule has 114 valence electrons. The Kier molecular flexibility index (Phi) is 3.66. The van der Waals surface area contributed by atoms with Crippen molar-refractivity contribution in [2.45, 2.75) is 39.0 Å². The minimum atomic E-state index is -0.354. The molecule has 3 rings (SSSR count). The number of piperidine rings is 1. The predicted octanol–water partition coefficient (Wildman–Crippen LogP) is 2.80. The number of rotatable bonds is 2. The van der Waals surface area contributed by atoms with Gasteiger partial charge in [0.1, 0.15) is 0 Å². The Balaban J connectivity index is 2.08. The number of hydrogen-bond acceptors (Lipinski definition) is 3. The molecule has 2 N–H and O–H groups in total. The molecule has 1 unspecified atom stereocenters. The molecule has 4 heteroatoms. The number of nitrogens with zero attached hydrogens (tertiary/aromatic N) is 2. The summed E-state index contributed by atoms with van der Waals surface area (Å²) in [6, 6.07) is 3.92. The van der Waals surface area contributed by atoms with Gasteiger partial charge < -0.3 is 10.6 Å². The number of nitrogens with two attached hydrogens (primary N) is 1. The van der Waals surface area contributed by atoms with Crippen LogP contribution in [-0.2, 0) is 6.42 Å². The molecule has 22 heavy (non-hydrogen) atoms. The third kappa shape index (κ3) is 2.27. The molecule has 0 saturated carbocycles. The summed E-state index contributed by atoms with van der Waals surface area (Å²) in [4.78, 5) is 13.5. The van der Waals surface area contributed by atoms with E-state index in [0.717, 1.165) is 37.9 Å². The fourth-order valence-electron chi connectivity index (χ4n) is 3.80. The number of carbonyl (C=O) groups excluding carboxylic acids is 1. The maximum Gasteiger partial charge on any atom is 0.249 e. The highest BCUT2D eigenvalue weighted by Crippen LogP contribution is 2.41. The largest absolute Gasteiger partial charge is 0.366 e. The maximum absolute atomic E-state index is 11.7. The summed E-state index contributed by atoms with van der Waals surface area (Å²) in [5, 5.41) is 9.17. The van der Waals surface area contributed by atoms with Crippen LogP contribution in [0.5, 0.6) is 0 Å². The van der Waals surface area contributed by atoms with E-state index in [1.54, 1.807) is 0 Å². The molecule has 1 aliphatic carbocycles. The van der Waals surface area contributed by atoms with Crippen molar-refractivity contribution in [3.05, 3.63) is 40.0 Å². The Labute approximate surface area is 131 Å². The highest BCUT2D eigenvalue weighted by molar-refractivity contribution is 5.97. The lowest BCUT2D eigenvalue weighted by molar-refractivity contribution is 0.0999. The van der Waals surface area contributed by atoms with Crippen molar-refractivity contribution in [2.75, 3.05) is 13.1 Å². The van der Waals surface area contributed by atoms with E-state index in [4.69, 9.17) is 11.0 Å². The van der Waals surface area contributed by atoms with Crippen LogP contribution in [0.4, 0.5) is 0 Å². The normalized spacial score (nSPS) is 20.8. The minimum Gasteiger partial charge on any atom is -0.366 e. The van der Waals surface area contributed by atoms with Gasteiger partial charge in [0.15, 0.2) is 6.19 Å². The second-order valence-corrected chi connectivity index (χ2v) is 6.39. The Morgan fingerprint density at radius 1 is 1.41 bits per heavy atom. The SMILES string of the molecule is CC1=C(C)c2c(C3CCCN(C#N)C3)ccc(C(N)=O)c2C1. The average Bonchev–Trinajstić information content (AvgIpc) is 2.82. The standard InChI is InChI=1S/C18H21N3O/c1-11-8-16-15(18(20)22)6-5-14(17(16)12(11)2)13-4-3-7-21(9-13)10-19/h5-6,13H,3-4,7-9H2,1-2H3,(H2,20,22). The summed E-state index contributed by atoms with van der Waals surface area (Å²) in [5.41, 5.74) is 12.3. The number of nitriles is 1. The summed E-state index contributed by atoms with van der Waals surface area (Å²) >= 11 is 0. The Morgan fingerprint density at radius 2 is 2.18 bits per heavy atom. The van der Waals surface area contributed by atoms with Gasteiger partial charge in [0.25, 0.3) is 0 Å². The number of primary amides is 1. The molecule has 1 atom stereocenters. The summed E-state index contributed by atoms with van der Waals surface area (Å²) in [7, 11) is 0. The van der Waals surface area contributed by atoms with Gasteiger partial charge in [0.05, 0.1) is 0 Å². The molecule has 1 aromatic rings. The second kappa shape index (κ2) is 5.49. The van der Waals surface area contributed by atoms with Gasteiger partial charge in [0, 0.05) is 24.6 Å². The smallest absolute Gasteiger partial charge is 0.249 e. The van der Waals surface area contributed by atoms with Crippen LogP contribution in [0, 0.1) is 11.5 Å². The van der Waals surface area contributed by atoms with E-state index in [1.165, 1.54) is 22.3 Å². The third-order valence-electron chi connectivity index (χ3n) is 5.07. The van der Waals surface area contributed by atoms with Gasteiger partial charge in [-0.1, -0.05) is 11.6 Å². The molecule has 4 nitrogen and oxygen atoms in total. The van der Waals surface area contributed by atoms with E-state index in [-0.39, 0.29) is 5.91 Å². The van der Waals surface area contributed by atoms with Crippen molar-refractivity contribution in [3.63, 3.8) is 0 Å². The first-order chi connectivity index (χ1) is 10.5. The fourth-order valence-corrected chi connectivity index (χ4v) is 3.80. The summed E-state index contributed by atoms with van der Waals surface area (Å²) < 4.78 is 0. The molecule has 1 saturated heterocycles. The second-order valence-electron chi connectivity index (χ2n) is 6.39. The van der Waals surface area contributed by atoms with Crippen LogP contribution in [0.1, 0.15) is 59.7 Å². The number of fused-ring (bicyclic) bond motifs is 1. The zero-order chi connectivity index (χ0) is 15.9. The molecule has 1 aromatic carbocycles. The number of amides is 1. The van der Waals surface area contributed by atoms with Crippen molar-refractivity contribution in [3.8, 4) is 6.19 Å². The van der Waals surface area contributed by atoms with Crippen molar-refractivity contribution >= 4 is 11.5 Å². The van der Waals surface area contributed by atoms with E-state index >= 15 is 0 Å². The van der Waals surface area contributed by atoms with Crippen LogP contribution < -0.4 is 5.73 Å². The molecule has 2 aliphatic rings. The molecule has 0 bridgehead atoms. The molecular formula is C18H21N3O. The minimum absolute atomic E-state index is 0.352. The molecule has 0 aromatic heterocycles. The summed E-state index contributed by atoms with van der Waals surface area (Å²) in [6.07, 6.45) is 5.20. The molecule has 1 aliphatic heterocycles. The van der Waals surface area contributed by atoms with Crippen LogP contribution in [0.2, 0.25) is 0 Å². The highest BCUT2D eigenvalue weighted by Gasteiger charge is 2.29. The van der Waals surface area contributed by atoms with E-state index < -0.39 is 0 Å². The molecule has 0 radical (unpaired) electrons. The average molecular weight is 295 g/mol. The lowest BCUT2D eigenvalue weighted by Gasteiger charge is -2.30. The monoisotopic (exact) mass is 295 g/mol. The first kappa shape index (κ1) is 14.6. The summed E-state index contributed by atoms with van der Waals surface area (Å²) in [6.45, 7) is 5.86. The van der Waals surface area contributed by atoms with Crippen LogP contribution in [-0.4, -0.2) is 23.9 Å². The maximum atomic E-state index is 11.7. The van der Waals surface area contributed by atoms with Crippen LogP contribution in [0.15, 0.2) is 17.7 Å². The quantitative estimate of drug-likeness (QED) is 0.853. The predicted molar refractivity (Wildman–Crippen MR) is 86.1 cm³/mol. The van der Waals surface area contributed by atoms with Crippen molar-refractivity contribution in [2.24, 2.45) is 5.73 Å². The number of benzene rings is 1. The van der Waals surface area contributed by atoms with Gasteiger partial charge in [-0.25, -0.2) is 0 Å². The van der Waals surface area contributed by atoms with E-state index in [1.807, 2.05) is 17.0 Å². The first-order valence-corrected chi connectivity index (χ1v) is 7.80. The number of allylic oxidation sites excluding steroid dienone is 2. The van der Waals surface area contributed by atoms with Crippen LogP contribution in [0.3, 0.4) is 0 Å². The molecular weight excluding hydrogens is 274 g/mol. The van der Waals surface area contributed by atoms with Gasteiger partial charge >= 0.3 is 0 Å². The first-order valence-electron chi connectivity index (χ1n) is 7.80. The van der Waals surface area contributed by atoms with E-state index in [2.05, 4.69) is 20.0 Å². The molecule has 0 spiro atoms. The van der Waals surface area contributed by atoms with Gasteiger partial charge in [-0.3, -0.25) is 4.79 Å². The molecule has 1 heterocycles.